The molecule has 0 unspecified atom stereocenters. The quantitative estimate of drug-likeness (QED) is 0.875. The molecule has 2 aromatic rings. The van der Waals surface area contributed by atoms with E-state index in [9.17, 15) is 22.8 Å². The van der Waals surface area contributed by atoms with Gasteiger partial charge in [-0.15, -0.1) is 5.10 Å². The summed E-state index contributed by atoms with van der Waals surface area (Å²) in [5.74, 6) is -2.57. The SMILES string of the molecule is COc1ccc(NC(=O)[C@@H]2CC(=O)Nc3nc(C(F)(F)F)nn32)cc1. The van der Waals surface area contributed by atoms with E-state index >= 15 is 0 Å². The normalized spacial score (nSPS) is 16.8. The van der Waals surface area contributed by atoms with E-state index in [4.69, 9.17) is 4.74 Å². The number of ether oxygens (including phenoxy) is 1. The first-order valence-corrected chi connectivity index (χ1v) is 7.06. The molecule has 0 saturated carbocycles. The third kappa shape index (κ3) is 3.39. The highest BCUT2D eigenvalue weighted by molar-refractivity contribution is 6.00. The van der Waals surface area contributed by atoms with Gasteiger partial charge in [0.2, 0.25) is 17.8 Å². The van der Waals surface area contributed by atoms with Crippen LogP contribution in [0.15, 0.2) is 24.3 Å². The van der Waals surface area contributed by atoms with Crippen molar-refractivity contribution in [2.45, 2.75) is 18.6 Å². The monoisotopic (exact) mass is 355 g/mol. The largest absolute Gasteiger partial charge is 0.497 e. The summed E-state index contributed by atoms with van der Waals surface area (Å²) in [4.78, 5) is 27.3. The number of anilines is 2. The Morgan fingerprint density at radius 3 is 2.64 bits per heavy atom. The van der Waals surface area contributed by atoms with Gasteiger partial charge in [-0.3, -0.25) is 14.9 Å². The molecule has 1 atom stereocenters. The third-order valence-electron chi connectivity index (χ3n) is 3.47. The number of nitrogens with one attached hydrogen (secondary N) is 2. The number of nitrogens with zero attached hydrogens (tertiary/aromatic N) is 3. The molecule has 2 N–H and O–H groups in total. The summed E-state index contributed by atoms with van der Waals surface area (Å²) < 4.78 is 44.0. The number of halogens is 3. The Labute approximate surface area is 139 Å². The fourth-order valence-electron chi connectivity index (χ4n) is 2.29. The molecular weight excluding hydrogens is 343 g/mol. The molecule has 1 aliphatic heterocycles. The van der Waals surface area contributed by atoms with E-state index < -0.39 is 35.8 Å². The molecule has 2 heterocycles. The molecular formula is C14H12F3N5O3. The molecule has 2 amide bonds. The Hall–Kier alpha value is -3.11. The Morgan fingerprint density at radius 2 is 2.04 bits per heavy atom. The lowest BCUT2D eigenvalue weighted by molar-refractivity contribution is -0.145. The summed E-state index contributed by atoms with van der Waals surface area (Å²) in [5.41, 5.74) is 0.398. The number of methoxy groups -OCH3 is 1. The van der Waals surface area contributed by atoms with E-state index in [0.29, 0.717) is 11.4 Å². The Bertz CT molecular complexity index is 816. The van der Waals surface area contributed by atoms with Crippen LogP contribution in [0, 0.1) is 0 Å². The van der Waals surface area contributed by atoms with Gasteiger partial charge in [-0.2, -0.15) is 18.2 Å². The van der Waals surface area contributed by atoms with E-state index in [2.05, 4.69) is 20.7 Å². The van der Waals surface area contributed by atoms with E-state index in [1.54, 1.807) is 24.3 Å². The third-order valence-corrected chi connectivity index (χ3v) is 3.47. The predicted octanol–water partition coefficient (Wildman–Crippen LogP) is 1.83. The molecule has 1 aliphatic rings. The standard InChI is InChI=1S/C14H12F3N5O3/c1-25-8-4-2-7(3-5-8)18-11(24)9-6-10(23)19-13-20-12(14(15,16)17)21-22(9)13/h2-5,9H,6H2,1H3,(H,18,24)(H,19,20,21,23)/t9-/m0/s1. The molecule has 0 radical (unpaired) electrons. The van der Waals surface area contributed by atoms with Crippen molar-refractivity contribution in [1.82, 2.24) is 14.8 Å². The second kappa shape index (κ2) is 6.07. The van der Waals surface area contributed by atoms with Crippen LogP contribution >= 0.6 is 0 Å². The van der Waals surface area contributed by atoms with Gasteiger partial charge in [0.15, 0.2) is 0 Å². The van der Waals surface area contributed by atoms with Gasteiger partial charge in [0, 0.05) is 5.69 Å². The van der Waals surface area contributed by atoms with Gasteiger partial charge in [-0.1, -0.05) is 0 Å². The molecule has 0 saturated heterocycles. The van der Waals surface area contributed by atoms with Gasteiger partial charge < -0.3 is 10.1 Å². The summed E-state index contributed by atoms with van der Waals surface area (Å²) in [6.07, 6.45) is -5.14. The smallest absolute Gasteiger partial charge is 0.453 e. The Morgan fingerprint density at radius 1 is 1.36 bits per heavy atom. The van der Waals surface area contributed by atoms with Crippen molar-refractivity contribution in [2.75, 3.05) is 17.7 Å². The molecule has 25 heavy (non-hydrogen) atoms. The lowest BCUT2D eigenvalue weighted by Crippen LogP contribution is -2.36. The Kier molecular flexibility index (Phi) is 4.07. The van der Waals surface area contributed by atoms with Crippen LogP contribution in [0.25, 0.3) is 0 Å². The van der Waals surface area contributed by atoms with Crippen LogP contribution in [-0.2, 0) is 15.8 Å². The van der Waals surface area contributed by atoms with Crippen molar-refractivity contribution in [1.29, 1.82) is 0 Å². The van der Waals surface area contributed by atoms with Gasteiger partial charge in [-0.25, -0.2) is 4.68 Å². The van der Waals surface area contributed by atoms with Crippen molar-refractivity contribution in [3.8, 4) is 5.75 Å². The van der Waals surface area contributed by atoms with E-state index in [1.165, 1.54) is 7.11 Å². The van der Waals surface area contributed by atoms with Crippen molar-refractivity contribution in [3.63, 3.8) is 0 Å². The number of hydrogen-bond acceptors (Lipinski definition) is 5. The zero-order chi connectivity index (χ0) is 18.2. The predicted molar refractivity (Wildman–Crippen MR) is 78.9 cm³/mol. The van der Waals surface area contributed by atoms with Crippen LogP contribution in [0.1, 0.15) is 18.3 Å². The number of carbonyl (C=O) groups is 2. The highest BCUT2D eigenvalue weighted by Gasteiger charge is 2.41. The number of carbonyl (C=O) groups excluding carboxylic acids is 2. The molecule has 11 heteroatoms. The second-order valence-corrected chi connectivity index (χ2v) is 5.19. The number of amides is 2. The average Bonchev–Trinajstić information content (AvgIpc) is 2.98. The van der Waals surface area contributed by atoms with Crippen LogP contribution < -0.4 is 15.4 Å². The average molecular weight is 355 g/mol. The van der Waals surface area contributed by atoms with E-state index in [1.807, 2.05) is 0 Å². The summed E-state index contributed by atoms with van der Waals surface area (Å²) in [7, 11) is 1.48. The van der Waals surface area contributed by atoms with Crippen molar-refractivity contribution < 1.29 is 27.5 Å². The zero-order valence-electron chi connectivity index (χ0n) is 12.8. The summed E-state index contributed by atoms with van der Waals surface area (Å²) in [6.45, 7) is 0. The van der Waals surface area contributed by atoms with Crippen LogP contribution in [0.2, 0.25) is 0 Å². The molecule has 8 nitrogen and oxygen atoms in total. The highest BCUT2D eigenvalue weighted by atomic mass is 19.4. The van der Waals surface area contributed by atoms with Gasteiger partial charge >= 0.3 is 6.18 Å². The highest BCUT2D eigenvalue weighted by Crippen LogP contribution is 2.31. The van der Waals surface area contributed by atoms with Crippen LogP contribution in [0.3, 0.4) is 0 Å². The lowest BCUT2D eigenvalue weighted by atomic mass is 10.1. The van der Waals surface area contributed by atoms with Gasteiger partial charge in [0.25, 0.3) is 5.82 Å². The topological polar surface area (TPSA) is 98.1 Å². The van der Waals surface area contributed by atoms with Crippen LogP contribution in [0.5, 0.6) is 5.75 Å². The minimum absolute atomic E-state index is 0.352. The first kappa shape index (κ1) is 16.7. The van der Waals surface area contributed by atoms with Crippen molar-refractivity contribution in [2.24, 2.45) is 0 Å². The number of alkyl halides is 3. The molecule has 0 bridgehead atoms. The lowest BCUT2D eigenvalue weighted by Gasteiger charge is -2.22. The maximum atomic E-state index is 12.8. The number of rotatable bonds is 3. The second-order valence-electron chi connectivity index (χ2n) is 5.19. The molecule has 1 aromatic carbocycles. The van der Waals surface area contributed by atoms with Crippen LogP contribution in [0.4, 0.5) is 24.8 Å². The minimum Gasteiger partial charge on any atom is -0.497 e. The molecule has 132 valence electrons. The maximum Gasteiger partial charge on any atom is 0.453 e. The maximum absolute atomic E-state index is 12.8. The van der Waals surface area contributed by atoms with Crippen molar-refractivity contribution >= 4 is 23.5 Å². The molecule has 1 aromatic heterocycles. The first-order chi connectivity index (χ1) is 11.8. The van der Waals surface area contributed by atoms with E-state index in [0.717, 1.165) is 4.68 Å². The fraction of sp³-hybridized carbons (Fsp3) is 0.286. The number of aromatic nitrogens is 3. The number of fused-ring (bicyclic) bond motifs is 1. The molecule has 3 rings (SSSR count). The van der Waals surface area contributed by atoms with Gasteiger partial charge in [0.1, 0.15) is 11.8 Å². The summed E-state index contributed by atoms with van der Waals surface area (Å²) in [6, 6.07) is 5.08. The van der Waals surface area contributed by atoms with E-state index in [-0.39, 0.29) is 6.42 Å². The molecule has 0 spiro atoms. The Balaban J connectivity index is 1.85. The molecule has 0 fully saturated rings. The molecule has 0 aliphatic carbocycles. The fourth-order valence-corrected chi connectivity index (χ4v) is 2.29. The first-order valence-electron chi connectivity index (χ1n) is 7.06. The number of benzene rings is 1. The van der Waals surface area contributed by atoms with Crippen LogP contribution in [-0.4, -0.2) is 33.7 Å². The summed E-state index contributed by atoms with van der Waals surface area (Å²) in [5, 5.41) is 8.01. The van der Waals surface area contributed by atoms with Gasteiger partial charge in [-0.05, 0) is 24.3 Å². The van der Waals surface area contributed by atoms with Crippen molar-refractivity contribution in [3.05, 3.63) is 30.1 Å². The zero-order valence-corrected chi connectivity index (χ0v) is 12.8. The summed E-state index contributed by atoms with van der Waals surface area (Å²) >= 11 is 0. The number of hydrogen-bond donors (Lipinski definition) is 2. The minimum atomic E-state index is -4.79. The van der Waals surface area contributed by atoms with Gasteiger partial charge in [0.05, 0.1) is 13.5 Å².